The van der Waals surface area contributed by atoms with Gasteiger partial charge in [0.2, 0.25) is 0 Å². The van der Waals surface area contributed by atoms with E-state index in [1.54, 1.807) is 13.0 Å². The number of rotatable bonds is 6. The topological polar surface area (TPSA) is 76.7 Å². The number of carbonyl (C=O) groups excluding carboxylic acids is 2. The van der Waals surface area contributed by atoms with Crippen molar-refractivity contribution < 1.29 is 19.1 Å². The lowest BCUT2D eigenvalue weighted by Crippen LogP contribution is -2.51. The van der Waals surface area contributed by atoms with Gasteiger partial charge in [0.15, 0.2) is 0 Å². The molecule has 2 N–H and O–H groups in total. The van der Waals surface area contributed by atoms with Crippen molar-refractivity contribution in [2.75, 3.05) is 25.1 Å². The van der Waals surface area contributed by atoms with Gasteiger partial charge in [-0.2, -0.15) is 0 Å². The number of anilines is 1. The molecule has 1 saturated heterocycles. The van der Waals surface area contributed by atoms with Crippen LogP contribution in [0.5, 0.6) is 0 Å². The van der Waals surface area contributed by atoms with Crippen LogP contribution in [-0.4, -0.2) is 43.8 Å². The number of benzene rings is 1. The van der Waals surface area contributed by atoms with Gasteiger partial charge in [0.1, 0.15) is 6.04 Å². The first-order valence-corrected chi connectivity index (χ1v) is 10.0. The van der Waals surface area contributed by atoms with Crippen LogP contribution in [0.4, 0.5) is 5.69 Å². The van der Waals surface area contributed by atoms with Crippen LogP contribution < -0.4 is 10.6 Å². The second kappa shape index (κ2) is 12.3. The Labute approximate surface area is 185 Å². The van der Waals surface area contributed by atoms with Crippen molar-refractivity contribution in [1.82, 2.24) is 5.32 Å². The molecule has 1 aromatic carbocycles. The molecule has 8 heteroatoms. The van der Waals surface area contributed by atoms with Crippen molar-refractivity contribution in [3.8, 4) is 0 Å². The molecule has 3 rings (SSSR count). The summed E-state index contributed by atoms with van der Waals surface area (Å²) in [4.78, 5) is 24.0. The molecule has 4 atom stereocenters. The largest absolute Gasteiger partial charge is 0.465 e. The second-order valence-electron chi connectivity index (χ2n) is 7.42. The van der Waals surface area contributed by atoms with E-state index < -0.39 is 0 Å². The fraction of sp³-hybridized carbons (Fsp3) is 0.619. The molecule has 0 aromatic heterocycles. The third kappa shape index (κ3) is 6.76. The van der Waals surface area contributed by atoms with Gasteiger partial charge < -0.3 is 20.1 Å². The zero-order valence-electron chi connectivity index (χ0n) is 17.0. The van der Waals surface area contributed by atoms with E-state index in [0.29, 0.717) is 36.7 Å². The van der Waals surface area contributed by atoms with E-state index in [2.05, 4.69) is 10.6 Å². The summed E-state index contributed by atoms with van der Waals surface area (Å²) >= 11 is 0. The van der Waals surface area contributed by atoms with Crippen molar-refractivity contribution in [2.45, 2.75) is 51.6 Å². The van der Waals surface area contributed by atoms with Crippen molar-refractivity contribution in [3.63, 3.8) is 0 Å². The van der Waals surface area contributed by atoms with Crippen molar-refractivity contribution >= 4 is 42.4 Å². The van der Waals surface area contributed by atoms with Gasteiger partial charge in [-0.1, -0.05) is 6.07 Å². The molecule has 0 spiro atoms. The number of fused-ring (bicyclic) bond motifs is 1. The molecule has 0 unspecified atom stereocenters. The maximum absolute atomic E-state index is 12.1. The Morgan fingerprint density at radius 1 is 1.07 bits per heavy atom. The van der Waals surface area contributed by atoms with Gasteiger partial charge in [0, 0.05) is 11.7 Å². The van der Waals surface area contributed by atoms with E-state index in [-0.39, 0.29) is 42.8 Å². The minimum Gasteiger partial charge on any atom is -0.465 e. The Hall–Kier alpha value is -1.50. The van der Waals surface area contributed by atoms with E-state index in [9.17, 15) is 9.59 Å². The van der Waals surface area contributed by atoms with Gasteiger partial charge in [-0.3, -0.25) is 4.79 Å². The first-order valence-electron chi connectivity index (χ1n) is 10.0. The number of nitrogens with one attached hydrogen (secondary N) is 2. The number of piperidine rings is 1. The molecule has 1 heterocycles. The second-order valence-corrected chi connectivity index (χ2v) is 7.42. The Morgan fingerprint density at radius 2 is 1.83 bits per heavy atom. The normalized spacial score (nSPS) is 25.4. The minimum atomic E-state index is -0.291. The van der Waals surface area contributed by atoms with E-state index >= 15 is 0 Å². The maximum Gasteiger partial charge on any atom is 0.338 e. The molecule has 1 aromatic rings. The summed E-state index contributed by atoms with van der Waals surface area (Å²) in [6.45, 7) is 5.33. The average molecular weight is 447 g/mol. The Balaban J connectivity index is 0.00000210. The standard InChI is InChI=1S/C21H30N2O4.2ClH/c1-3-26-20(24)14-6-5-7-17(10-14)23-18-9-8-15-13-22-19(12-16(15)11-18)21(25)27-4-2;;/h5-7,10,15-16,18-19,22-23H,3-4,8-9,11-13H2,1-2H3;2*1H/t15-,16+,18-,19-;;/m0../s1. The molecular weight excluding hydrogens is 415 g/mol. The Bertz CT molecular complexity index is 674. The molecule has 6 nitrogen and oxygen atoms in total. The van der Waals surface area contributed by atoms with Crippen molar-refractivity contribution in [3.05, 3.63) is 29.8 Å². The van der Waals surface area contributed by atoms with Gasteiger partial charge in [-0.25, -0.2) is 4.79 Å². The van der Waals surface area contributed by atoms with Crippen LogP contribution >= 0.6 is 24.8 Å². The monoisotopic (exact) mass is 446 g/mol. The summed E-state index contributed by atoms with van der Waals surface area (Å²) < 4.78 is 10.3. The molecule has 1 aliphatic carbocycles. The summed E-state index contributed by atoms with van der Waals surface area (Å²) in [7, 11) is 0. The van der Waals surface area contributed by atoms with Crippen molar-refractivity contribution in [2.24, 2.45) is 11.8 Å². The maximum atomic E-state index is 12.1. The van der Waals surface area contributed by atoms with Crippen LogP contribution in [0, 0.1) is 11.8 Å². The van der Waals surface area contributed by atoms with Crippen molar-refractivity contribution in [1.29, 1.82) is 0 Å². The van der Waals surface area contributed by atoms with Crippen LogP contribution in [0.2, 0.25) is 0 Å². The molecule has 1 saturated carbocycles. The van der Waals surface area contributed by atoms with E-state index in [4.69, 9.17) is 9.47 Å². The molecule has 2 fully saturated rings. The van der Waals surface area contributed by atoms with Gasteiger partial charge in [-0.15, -0.1) is 24.8 Å². The summed E-state index contributed by atoms with van der Waals surface area (Å²) in [5.41, 5.74) is 1.51. The lowest BCUT2D eigenvalue weighted by molar-refractivity contribution is -0.147. The zero-order chi connectivity index (χ0) is 19.2. The third-order valence-corrected chi connectivity index (χ3v) is 5.62. The Morgan fingerprint density at radius 3 is 2.55 bits per heavy atom. The number of esters is 2. The average Bonchev–Trinajstić information content (AvgIpc) is 2.68. The summed E-state index contributed by atoms with van der Waals surface area (Å²) in [5, 5.41) is 6.93. The molecule has 1 aliphatic heterocycles. The van der Waals surface area contributed by atoms with E-state index in [0.717, 1.165) is 37.9 Å². The smallest absolute Gasteiger partial charge is 0.338 e. The first-order chi connectivity index (χ1) is 13.1. The number of carbonyl (C=O) groups is 2. The minimum absolute atomic E-state index is 0. The summed E-state index contributed by atoms with van der Waals surface area (Å²) in [6, 6.07) is 7.66. The zero-order valence-corrected chi connectivity index (χ0v) is 18.7. The first kappa shape index (κ1) is 25.5. The summed E-state index contributed by atoms with van der Waals surface area (Å²) in [5.74, 6) is 0.716. The third-order valence-electron chi connectivity index (χ3n) is 5.62. The highest BCUT2D eigenvalue weighted by molar-refractivity contribution is 5.90. The lowest BCUT2D eigenvalue weighted by Gasteiger charge is -2.42. The number of halogens is 2. The molecule has 2 aliphatic rings. The highest BCUT2D eigenvalue weighted by atomic mass is 35.5. The van der Waals surface area contributed by atoms with Gasteiger partial charge in [0.25, 0.3) is 0 Å². The number of hydrogen-bond acceptors (Lipinski definition) is 6. The fourth-order valence-corrected chi connectivity index (χ4v) is 4.30. The number of ether oxygens (including phenoxy) is 2. The quantitative estimate of drug-likeness (QED) is 0.646. The predicted octanol–water partition coefficient (Wildman–Crippen LogP) is 3.83. The van der Waals surface area contributed by atoms with E-state index in [1.165, 1.54) is 0 Å². The van der Waals surface area contributed by atoms with Crippen LogP contribution in [-0.2, 0) is 14.3 Å². The lowest BCUT2D eigenvalue weighted by atomic mass is 9.72. The molecule has 0 bridgehead atoms. The van der Waals surface area contributed by atoms with Gasteiger partial charge in [0.05, 0.1) is 18.8 Å². The SMILES string of the molecule is CCOC(=O)c1cccc(N[C@H]2CC[C@H]3CN[C@H](C(=O)OCC)C[C@H]3C2)c1.Cl.Cl. The van der Waals surface area contributed by atoms with Crippen LogP contribution in [0.1, 0.15) is 49.9 Å². The molecule has 0 amide bonds. The fourth-order valence-electron chi connectivity index (χ4n) is 4.30. The Kier molecular flexibility index (Phi) is 10.8. The molecule has 164 valence electrons. The summed E-state index contributed by atoms with van der Waals surface area (Å²) in [6.07, 6.45) is 4.11. The van der Waals surface area contributed by atoms with Crippen LogP contribution in [0.15, 0.2) is 24.3 Å². The van der Waals surface area contributed by atoms with Crippen LogP contribution in [0.3, 0.4) is 0 Å². The number of hydrogen-bond donors (Lipinski definition) is 2. The highest BCUT2D eigenvalue weighted by Crippen LogP contribution is 2.37. The van der Waals surface area contributed by atoms with Gasteiger partial charge >= 0.3 is 11.9 Å². The van der Waals surface area contributed by atoms with Crippen LogP contribution in [0.25, 0.3) is 0 Å². The van der Waals surface area contributed by atoms with Gasteiger partial charge in [-0.05, 0) is 76.1 Å². The highest BCUT2D eigenvalue weighted by Gasteiger charge is 2.38. The molecular formula is C21H32Cl2N2O4. The molecule has 29 heavy (non-hydrogen) atoms. The van der Waals surface area contributed by atoms with E-state index in [1.807, 2.05) is 25.1 Å². The molecule has 0 radical (unpaired) electrons. The predicted molar refractivity (Wildman–Crippen MR) is 118 cm³/mol.